The Labute approximate surface area is 169 Å². The Hall–Kier alpha value is -3.55. The number of esters is 1. The molecule has 0 radical (unpaired) electrons. The molecule has 2 aromatic rings. The Morgan fingerprint density at radius 2 is 1.66 bits per heavy atom. The zero-order valence-electron chi connectivity index (χ0n) is 16.8. The first kappa shape index (κ1) is 21.7. The molecule has 0 aliphatic rings. The third kappa shape index (κ3) is 5.71. The number of benzene rings is 2. The molecule has 0 bridgehead atoms. The SMILES string of the molecule is COc1cccc(C(=O)OCC(=O)NCC(=O)Nc2cccc(C)c2C)c1OC. The number of ether oxygens (including phenoxy) is 3. The van der Waals surface area contributed by atoms with E-state index in [0.717, 1.165) is 11.1 Å². The summed E-state index contributed by atoms with van der Waals surface area (Å²) in [6, 6.07) is 10.3. The van der Waals surface area contributed by atoms with Gasteiger partial charge in [0.25, 0.3) is 5.91 Å². The molecule has 0 aliphatic heterocycles. The first-order chi connectivity index (χ1) is 13.9. The standard InChI is InChI=1S/C21H24N2O6/c1-13-7-5-9-16(14(13)2)23-18(24)11-22-19(25)12-29-21(26)15-8-6-10-17(27-3)20(15)28-4/h5-10H,11-12H2,1-4H3,(H,22,25)(H,23,24). The lowest BCUT2D eigenvalue weighted by atomic mass is 10.1. The average Bonchev–Trinajstić information content (AvgIpc) is 2.73. The van der Waals surface area contributed by atoms with Crippen molar-refractivity contribution in [1.82, 2.24) is 5.32 Å². The van der Waals surface area contributed by atoms with Crippen molar-refractivity contribution < 1.29 is 28.6 Å². The molecule has 0 saturated carbocycles. The van der Waals surface area contributed by atoms with Crippen LogP contribution < -0.4 is 20.1 Å². The summed E-state index contributed by atoms with van der Waals surface area (Å²) in [5.41, 5.74) is 2.81. The summed E-state index contributed by atoms with van der Waals surface area (Å²) in [6.07, 6.45) is 0. The Morgan fingerprint density at radius 3 is 2.34 bits per heavy atom. The van der Waals surface area contributed by atoms with Crippen LogP contribution in [0.2, 0.25) is 0 Å². The lowest BCUT2D eigenvalue weighted by molar-refractivity contribution is -0.126. The van der Waals surface area contributed by atoms with Crippen LogP contribution in [-0.2, 0) is 14.3 Å². The van der Waals surface area contributed by atoms with E-state index in [0.29, 0.717) is 11.4 Å². The van der Waals surface area contributed by atoms with Gasteiger partial charge in [-0.05, 0) is 43.2 Å². The van der Waals surface area contributed by atoms with E-state index in [1.54, 1.807) is 18.2 Å². The quantitative estimate of drug-likeness (QED) is 0.659. The predicted octanol–water partition coefficient (Wildman–Crippen LogP) is 2.23. The van der Waals surface area contributed by atoms with E-state index in [-0.39, 0.29) is 23.8 Å². The van der Waals surface area contributed by atoms with E-state index in [2.05, 4.69) is 10.6 Å². The number of amides is 2. The van der Waals surface area contributed by atoms with Crippen molar-refractivity contribution in [3.63, 3.8) is 0 Å². The van der Waals surface area contributed by atoms with Gasteiger partial charge in [-0.3, -0.25) is 9.59 Å². The van der Waals surface area contributed by atoms with Crippen molar-refractivity contribution in [2.75, 3.05) is 32.7 Å². The molecule has 2 N–H and O–H groups in total. The fourth-order valence-corrected chi connectivity index (χ4v) is 2.57. The van der Waals surface area contributed by atoms with E-state index in [1.165, 1.54) is 20.3 Å². The number of hydrogen-bond acceptors (Lipinski definition) is 6. The molecular formula is C21H24N2O6. The molecule has 2 aromatic carbocycles. The van der Waals surface area contributed by atoms with Crippen molar-refractivity contribution in [3.05, 3.63) is 53.1 Å². The van der Waals surface area contributed by atoms with Gasteiger partial charge in [-0.1, -0.05) is 18.2 Å². The molecule has 8 nitrogen and oxygen atoms in total. The maximum Gasteiger partial charge on any atom is 0.342 e. The van der Waals surface area contributed by atoms with Gasteiger partial charge in [0.05, 0.1) is 20.8 Å². The first-order valence-electron chi connectivity index (χ1n) is 8.88. The smallest absolute Gasteiger partial charge is 0.342 e. The van der Waals surface area contributed by atoms with Crippen LogP contribution in [0.15, 0.2) is 36.4 Å². The molecule has 0 fully saturated rings. The van der Waals surface area contributed by atoms with E-state index < -0.39 is 18.5 Å². The second-order valence-electron chi connectivity index (χ2n) is 6.19. The number of hydrogen-bond donors (Lipinski definition) is 2. The van der Waals surface area contributed by atoms with Gasteiger partial charge in [-0.25, -0.2) is 4.79 Å². The van der Waals surface area contributed by atoms with Crippen LogP contribution in [0.3, 0.4) is 0 Å². The molecule has 0 spiro atoms. The van der Waals surface area contributed by atoms with Crippen LogP contribution in [0.25, 0.3) is 0 Å². The number of carbonyl (C=O) groups excluding carboxylic acids is 3. The number of methoxy groups -OCH3 is 2. The molecule has 2 rings (SSSR count). The van der Waals surface area contributed by atoms with Crippen molar-refractivity contribution in [3.8, 4) is 11.5 Å². The Morgan fingerprint density at radius 1 is 0.931 bits per heavy atom. The predicted molar refractivity (Wildman–Crippen MR) is 107 cm³/mol. The third-order valence-corrected chi connectivity index (χ3v) is 4.28. The van der Waals surface area contributed by atoms with Crippen molar-refractivity contribution in [2.24, 2.45) is 0 Å². The molecule has 0 heterocycles. The molecule has 2 amide bonds. The highest BCUT2D eigenvalue weighted by molar-refractivity contribution is 5.97. The van der Waals surface area contributed by atoms with Crippen molar-refractivity contribution in [1.29, 1.82) is 0 Å². The second-order valence-corrected chi connectivity index (χ2v) is 6.19. The fraction of sp³-hybridized carbons (Fsp3) is 0.286. The van der Waals surface area contributed by atoms with Crippen LogP contribution >= 0.6 is 0 Å². The number of anilines is 1. The van der Waals surface area contributed by atoms with Crippen LogP contribution in [0.1, 0.15) is 21.5 Å². The molecule has 0 atom stereocenters. The molecule has 0 aliphatic carbocycles. The van der Waals surface area contributed by atoms with Crippen LogP contribution in [0.4, 0.5) is 5.69 Å². The number of rotatable bonds is 8. The van der Waals surface area contributed by atoms with E-state index >= 15 is 0 Å². The highest BCUT2D eigenvalue weighted by atomic mass is 16.5. The van der Waals surface area contributed by atoms with Crippen molar-refractivity contribution in [2.45, 2.75) is 13.8 Å². The lowest BCUT2D eigenvalue weighted by Gasteiger charge is -2.12. The molecule has 29 heavy (non-hydrogen) atoms. The zero-order valence-corrected chi connectivity index (χ0v) is 16.8. The Bertz CT molecular complexity index is 910. The van der Waals surface area contributed by atoms with Crippen LogP contribution in [0, 0.1) is 13.8 Å². The molecular weight excluding hydrogens is 376 g/mol. The number of nitrogens with one attached hydrogen (secondary N) is 2. The largest absolute Gasteiger partial charge is 0.493 e. The molecule has 0 saturated heterocycles. The normalized spacial score (nSPS) is 10.1. The summed E-state index contributed by atoms with van der Waals surface area (Å²) in [5, 5.41) is 5.14. The van der Waals surface area contributed by atoms with Gasteiger partial charge in [0.2, 0.25) is 5.91 Å². The minimum atomic E-state index is -0.740. The van der Waals surface area contributed by atoms with Gasteiger partial charge in [-0.15, -0.1) is 0 Å². The fourth-order valence-electron chi connectivity index (χ4n) is 2.57. The van der Waals surface area contributed by atoms with Crippen molar-refractivity contribution >= 4 is 23.5 Å². The summed E-state index contributed by atoms with van der Waals surface area (Å²) in [6.45, 7) is 3.07. The molecule has 0 unspecified atom stereocenters. The third-order valence-electron chi connectivity index (χ3n) is 4.28. The maximum atomic E-state index is 12.2. The van der Waals surface area contributed by atoms with Crippen LogP contribution in [0.5, 0.6) is 11.5 Å². The maximum absolute atomic E-state index is 12.2. The van der Waals surface area contributed by atoms with Gasteiger partial charge < -0.3 is 24.8 Å². The summed E-state index contributed by atoms with van der Waals surface area (Å²) in [5.74, 6) is -1.14. The van der Waals surface area contributed by atoms with E-state index in [4.69, 9.17) is 14.2 Å². The second kappa shape index (κ2) is 10.1. The van der Waals surface area contributed by atoms with Gasteiger partial charge >= 0.3 is 5.97 Å². The summed E-state index contributed by atoms with van der Waals surface area (Å²) in [4.78, 5) is 36.2. The summed E-state index contributed by atoms with van der Waals surface area (Å²) in [7, 11) is 2.85. The van der Waals surface area contributed by atoms with Gasteiger partial charge in [-0.2, -0.15) is 0 Å². The highest BCUT2D eigenvalue weighted by Crippen LogP contribution is 2.31. The highest BCUT2D eigenvalue weighted by Gasteiger charge is 2.19. The van der Waals surface area contributed by atoms with Gasteiger partial charge in [0.1, 0.15) is 5.56 Å². The Kier molecular flexibility index (Phi) is 7.59. The Balaban J connectivity index is 1.85. The monoisotopic (exact) mass is 400 g/mol. The average molecular weight is 400 g/mol. The minimum absolute atomic E-state index is 0.132. The number of para-hydroxylation sites is 1. The minimum Gasteiger partial charge on any atom is -0.493 e. The molecule has 154 valence electrons. The lowest BCUT2D eigenvalue weighted by Crippen LogP contribution is -2.35. The topological polar surface area (TPSA) is 103 Å². The van der Waals surface area contributed by atoms with Gasteiger partial charge in [0, 0.05) is 5.69 Å². The summed E-state index contributed by atoms with van der Waals surface area (Å²) >= 11 is 0. The number of carbonyl (C=O) groups is 3. The molecule has 0 aromatic heterocycles. The van der Waals surface area contributed by atoms with Gasteiger partial charge in [0.15, 0.2) is 18.1 Å². The van der Waals surface area contributed by atoms with Crippen LogP contribution in [-0.4, -0.2) is 45.2 Å². The molecule has 8 heteroatoms. The summed E-state index contributed by atoms with van der Waals surface area (Å²) < 4.78 is 15.3. The first-order valence-corrected chi connectivity index (χ1v) is 8.88. The van der Waals surface area contributed by atoms with E-state index in [1.807, 2.05) is 26.0 Å². The zero-order chi connectivity index (χ0) is 21.4. The number of aryl methyl sites for hydroxylation is 1. The van der Waals surface area contributed by atoms with E-state index in [9.17, 15) is 14.4 Å².